The third-order valence-corrected chi connectivity index (χ3v) is 3.21. The van der Waals surface area contributed by atoms with E-state index >= 15 is 0 Å². The van der Waals surface area contributed by atoms with E-state index in [-0.39, 0.29) is 23.8 Å². The molecule has 92 valence electrons. The molecule has 2 amide bonds. The first kappa shape index (κ1) is 13.0. The van der Waals surface area contributed by atoms with Crippen molar-refractivity contribution in [2.24, 2.45) is 11.8 Å². The van der Waals surface area contributed by atoms with Crippen LogP contribution in [0.15, 0.2) is 0 Å². The number of carbonyl (C=O) groups is 2. The molecule has 0 bridgehead atoms. The maximum Gasteiger partial charge on any atom is 0.225 e. The Morgan fingerprint density at radius 1 is 1.56 bits per heavy atom. The van der Waals surface area contributed by atoms with Gasteiger partial charge < -0.3 is 10.6 Å². The molecule has 1 saturated heterocycles. The summed E-state index contributed by atoms with van der Waals surface area (Å²) in [6.45, 7) is 6.78. The zero-order chi connectivity index (χ0) is 12.1. The Morgan fingerprint density at radius 3 is 2.69 bits per heavy atom. The van der Waals surface area contributed by atoms with Crippen LogP contribution < -0.4 is 10.6 Å². The highest BCUT2D eigenvalue weighted by molar-refractivity contribution is 5.83. The van der Waals surface area contributed by atoms with Crippen LogP contribution in [0, 0.1) is 11.8 Å². The predicted molar refractivity (Wildman–Crippen MR) is 62.8 cm³/mol. The van der Waals surface area contributed by atoms with Gasteiger partial charge >= 0.3 is 0 Å². The summed E-state index contributed by atoms with van der Waals surface area (Å²) in [6.07, 6.45) is 2.09. The third-order valence-electron chi connectivity index (χ3n) is 3.21. The number of hydrogen-bond donors (Lipinski definition) is 2. The smallest absolute Gasteiger partial charge is 0.225 e. The summed E-state index contributed by atoms with van der Waals surface area (Å²) in [6, 6.07) is 0.241. The highest BCUT2D eigenvalue weighted by Crippen LogP contribution is 2.13. The second-order valence-corrected chi connectivity index (χ2v) is 4.81. The molecule has 16 heavy (non-hydrogen) atoms. The Balaban J connectivity index is 2.42. The van der Waals surface area contributed by atoms with Crippen molar-refractivity contribution in [2.75, 3.05) is 6.54 Å². The maximum atomic E-state index is 11.9. The van der Waals surface area contributed by atoms with Gasteiger partial charge in [-0.15, -0.1) is 0 Å². The largest absolute Gasteiger partial charge is 0.355 e. The minimum atomic E-state index is -0.0505. The zero-order valence-corrected chi connectivity index (χ0v) is 10.4. The van der Waals surface area contributed by atoms with Gasteiger partial charge in [-0.05, 0) is 18.8 Å². The van der Waals surface area contributed by atoms with Crippen molar-refractivity contribution in [3.8, 4) is 0 Å². The summed E-state index contributed by atoms with van der Waals surface area (Å²) in [5.41, 5.74) is 0. The lowest BCUT2D eigenvalue weighted by Crippen LogP contribution is -2.47. The summed E-state index contributed by atoms with van der Waals surface area (Å²) >= 11 is 0. The molecule has 2 unspecified atom stereocenters. The maximum absolute atomic E-state index is 11.9. The highest BCUT2D eigenvalue weighted by atomic mass is 16.2. The van der Waals surface area contributed by atoms with Crippen molar-refractivity contribution in [3.63, 3.8) is 0 Å². The Kier molecular flexibility index (Phi) is 4.77. The molecule has 2 atom stereocenters. The molecular formula is C12H22N2O2. The van der Waals surface area contributed by atoms with Gasteiger partial charge in [-0.3, -0.25) is 9.59 Å². The van der Waals surface area contributed by atoms with Gasteiger partial charge in [0.25, 0.3) is 0 Å². The van der Waals surface area contributed by atoms with E-state index in [0.717, 1.165) is 6.42 Å². The van der Waals surface area contributed by atoms with Gasteiger partial charge in [0.05, 0.1) is 5.92 Å². The molecule has 0 radical (unpaired) electrons. The molecule has 0 aliphatic carbocycles. The fourth-order valence-corrected chi connectivity index (χ4v) is 2.00. The predicted octanol–water partition coefficient (Wildman–Crippen LogP) is 1.06. The van der Waals surface area contributed by atoms with Crippen molar-refractivity contribution in [1.29, 1.82) is 0 Å². The van der Waals surface area contributed by atoms with Gasteiger partial charge in [-0.25, -0.2) is 0 Å². The minimum Gasteiger partial charge on any atom is -0.355 e. The highest BCUT2D eigenvalue weighted by Gasteiger charge is 2.26. The van der Waals surface area contributed by atoms with Crippen molar-refractivity contribution in [1.82, 2.24) is 10.6 Å². The van der Waals surface area contributed by atoms with E-state index in [1.807, 2.05) is 0 Å². The van der Waals surface area contributed by atoms with Gasteiger partial charge in [0.1, 0.15) is 0 Å². The van der Waals surface area contributed by atoms with Gasteiger partial charge in [-0.2, -0.15) is 0 Å². The quantitative estimate of drug-likeness (QED) is 0.753. The van der Waals surface area contributed by atoms with Gasteiger partial charge in [0, 0.05) is 19.0 Å². The minimum absolute atomic E-state index is 0.0505. The van der Waals surface area contributed by atoms with Crippen molar-refractivity contribution < 1.29 is 9.59 Å². The zero-order valence-electron chi connectivity index (χ0n) is 10.4. The number of nitrogens with one attached hydrogen (secondary N) is 2. The van der Waals surface area contributed by atoms with Crippen LogP contribution in [0.5, 0.6) is 0 Å². The SMILES string of the molecule is CCC(NC(=O)C1CCC(=O)NC1)C(C)C. The molecule has 0 aromatic rings. The van der Waals surface area contributed by atoms with Gasteiger partial charge in [0.2, 0.25) is 11.8 Å². The van der Waals surface area contributed by atoms with Crippen molar-refractivity contribution >= 4 is 11.8 Å². The number of rotatable bonds is 4. The van der Waals surface area contributed by atoms with Crippen LogP contribution >= 0.6 is 0 Å². The Bertz CT molecular complexity index is 254. The van der Waals surface area contributed by atoms with Crippen LogP contribution in [0.25, 0.3) is 0 Å². The summed E-state index contributed by atoms with van der Waals surface area (Å²) in [4.78, 5) is 22.9. The molecule has 0 saturated carbocycles. The van der Waals surface area contributed by atoms with Crippen molar-refractivity contribution in [2.45, 2.75) is 46.1 Å². The van der Waals surface area contributed by atoms with Gasteiger partial charge in [0.15, 0.2) is 0 Å². The molecule has 1 aliphatic rings. The molecule has 1 rings (SSSR count). The van der Waals surface area contributed by atoms with E-state index in [4.69, 9.17) is 0 Å². The van der Waals surface area contributed by atoms with E-state index < -0.39 is 0 Å². The normalized spacial score (nSPS) is 22.8. The van der Waals surface area contributed by atoms with E-state index in [0.29, 0.717) is 25.3 Å². The molecule has 0 aromatic carbocycles. The average molecular weight is 226 g/mol. The van der Waals surface area contributed by atoms with Crippen LogP contribution in [-0.2, 0) is 9.59 Å². The van der Waals surface area contributed by atoms with E-state index in [1.54, 1.807) is 0 Å². The van der Waals surface area contributed by atoms with E-state index in [2.05, 4.69) is 31.4 Å². The first-order valence-electron chi connectivity index (χ1n) is 6.11. The molecule has 1 fully saturated rings. The van der Waals surface area contributed by atoms with Crippen LogP contribution in [0.1, 0.15) is 40.0 Å². The van der Waals surface area contributed by atoms with Gasteiger partial charge in [-0.1, -0.05) is 20.8 Å². The topological polar surface area (TPSA) is 58.2 Å². The first-order chi connectivity index (χ1) is 7.54. The van der Waals surface area contributed by atoms with Crippen molar-refractivity contribution in [3.05, 3.63) is 0 Å². The number of amides is 2. The lowest BCUT2D eigenvalue weighted by molar-refractivity contribution is -0.129. The lowest BCUT2D eigenvalue weighted by Gasteiger charge is -2.26. The fraction of sp³-hybridized carbons (Fsp3) is 0.833. The molecule has 4 heteroatoms. The number of piperidine rings is 1. The second-order valence-electron chi connectivity index (χ2n) is 4.81. The lowest BCUT2D eigenvalue weighted by atomic mass is 9.96. The monoisotopic (exact) mass is 226 g/mol. The molecule has 0 aromatic heterocycles. The molecule has 2 N–H and O–H groups in total. The average Bonchev–Trinajstić information content (AvgIpc) is 2.26. The van der Waals surface area contributed by atoms with Crippen LogP contribution in [0.2, 0.25) is 0 Å². The molecule has 4 nitrogen and oxygen atoms in total. The fourth-order valence-electron chi connectivity index (χ4n) is 2.00. The van der Waals surface area contributed by atoms with Crippen LogP contribution in [-0.4, -0.2) is 24.4 Å². The number of carbonyl (C=O) groups excluding carboxylic acids is 2. The van der Waals surface area contributed by atoms with Crippen LogP contribution in [0.3, 0.4) is 0 Å². The Hall–Kier alpha value is -1.06. The molecule has 0 spiro atoms. The summed E-state index contributed by atoms with van der Waals surface area (Å²) in [5.74, 6) is 0.540. The van der Waals surface area contributed by atoms with Crippen LogP contribution in [0.4, 0.5) is 0 Å². The second kappa shape index (κ2) is 5.87. The molecule has 1 aliphatic heterocycles. The van der Waals surface area contributed by atoms with E-state index in [1.165, 1.54) is 0 Å². The Morgan fingerprint density at radius 2 is 2.25 bits per heavy atom. The summed E-state index contributed by atoms with van der Waals surface area (Å²) in [7, 11) is 0. The number of hydrogen-bond acceptors (Lipinski definition) is 2. The van der Waals surface area contributed by atoms with E-state index in [9.17, 15) is 9.59 Å². The standard InChI is InChI=1S/C12H22N2O2/c1-4-10(8(2)3)14-12(16)9-5-6-11(15)13-7-9/h8-10H,4-7H2,1-3H3,(H,13,15)(H,14,16). The summed E-state index contributed by atoms with van der Waals surface area (Å²) in [5, 5.41) is 5.79. The Labute approximate surface area is 97.2 Å². The first-order valence-corrected chi connectivity index (χ1v) is 6.11. The summed E-state index contributed by atoms with van der Waals surface area (Å²) < 4.78 is 0. The molecular weight excluding hydrogens is 204 g/mol. The molecule has 1 heterocycles. The third kappa shape index (κ3) is 3.51.